The lowest BCUT2D eigenvalue weighted by atomic mass is 10.2. The molecule has 0 aliphatic carbocycles. The van der Waals surface area contributed by atoms with Gasteiger partial charge in [0.15, 0.2) is 0 Å². The van der Waals surface area contributed by atoms with E-state index in [1.807, 2.05) is 6.07 Å². The molecule has 0 aliphatic heterocycles. The molecule has 0 amide bonds. The van der Waals surface area contributed by atoms with Crippen LogP contribution >= 0.6 is 11.8 Å². The second-order valence-corrected chi connectivity index (χ2v) is 3.94. The van der Waals surface area contributed by atoms with Gasteiger partial charge in [0.25, 0.3) is 0 Å². The Bertz CT molecular complexity index is 283. The van der Waals surface area contributed by atoms with E-state index in [4.69, 9.17) is 0 Å². The Hall–Kier alpha value is -0.580. The average Bonchev–Trinajstić information content (AvgIpc) is 2.20. The number of rotatable bonds is 5. The molecule has 0 radical (unpaired) electrons. The topological polar surface area (TPSA) is 32.3 Å². The van der Waals surface area contributed by atoms with Crippen LogP contribution in [0.3, 0.4) is 0 Å². The van der Waals surface area contributed by atoms with Gasteiger partial charge in [-0.15, -0.1) is 0 Å². The molecule has 0 bridgehead atoms. The average molecular weight is 215 g/mol. The van der Waals surface area contributed by atoms with Gasteiger partial charge < -0.3 is 5.11 Å². The lowest BCUT2D eigenvalue weighted by Crippen LogP contribution is -2.26. The molecule has 1 unspecified atom stereocenters. The molecule has 78 valence electrons. The summed E-state index contributed by atoms with van der Waals surface area (Å²) < 4.78 is 13.1. The van der Waals surface area contributed by atoms with E-state index in [2.05, 4.69) is 5.32 Å². The molecule has 0 saturated heterocycles. The molecule has 2 nitrogen and oxygen atoms in total. The zero-order chi connectivity index (χ0) is 10.4. The molecular weight excluding hydrogens is 201 g/mol. The Labute approximate surface area is 87.5 Å². The van der Waals surface area contributed by atoms with E-state index in [0.717, 1.165) is 0 Å². The fourth-order valence-electron chi connectivity index (χ4n) is 0.979. The summed E-state index contributed by atoms with van der Waals surface area (Å²) in [6.07, 6.45) is -0.522. The number of aliphatic hydroxyl groups excluding tert-OH is 1. The van der Waals surface area contributed by atoms with Gasteiger partial charge in [0.05, 0.1) is 0 Å². The van der Waals surface area contributed by atoms with Crippen molar-refractivity contribution in [3.8, 4) is 0 Å². The second kappa shape index (κ2) is 6.01. The van der Waals surface area contributed by atoms with Crippen LogP contribution in [0.4, 0.5) is 4.39 Å². The van der Waals surface area contributed by atoms with Crippen molar-refractivity contribution in [1.82, 2.24) is 5.32 Å². The molecule has 0 aliphatic rings. The summed E-state index contributed by atoms with van der Waals surface area (Å²) in [7, 11) is 1.69. The first-order valence-corrected chi connectivity index (χ1v) is 5.56. The molecular formula is C10H14FNOS. The highest BCUT2D eigenvalue weighted by Gasteiger charge is 2.03. The number of halogens is 1. The van der Waals surface area contributed by atoms with Gasteiger partial charge in [-0.05, 0) is 18.7 Å². The van der Waals surface area contributed by atoms with Crippen LogP contribution in [0.1, 0.15) is 5.56 Å². The minimum atomic E-state index is -0.522. The standard InChI is InChI=1S/C10H14FNOS/c1-12-10(13)7-14-6-8-4-2-3-5-9(8)11/h2-5,10,12-13H,6-7H2,1H3. The van der Waals surface area contributed by atoms with Crippen LogP contribution < -0.4 is 5.32 Å². The fraction of sp³-hybridized carbons (Fsp3) is 0.400. The Morgan fingerprint density at radius 2 is 2.21 bits per heavy atom. The molecule has 1 atom stereocenters. The lowest BCUT2D eigenvalue weighted by molar-refractivity contribution is 0.171. The predicted octanol–water partition coefficient (Wildman–Crippen LogP) is 1.60. The summed E-state index contributed by atoms with van der Waals surface area (Å²) in [5, 5.41) is 11.9. The van der Waals surface area contributed by atoms with E-state index in [1.54, 1.807) is 19.2 Å². The van der Waals surface area contributed by atoms with Gasteiger partial charge >= 0.3 is 0 Å². The number of benzene rings is 1. The molecule has 4 heteroatoms. The van der Waals surface area contributed by atoms with E-state index in [1.165, 1.54) is 17.8 Å². The highest BCUT2D eigenvalue weighted by molar-refractivity contribution is 7.98. The predicted molar refractivity (Wildman–Crippen MR) is 57.6 cm³/mol. The van der Waals surface area contributed by atoms with Gasteiger partial charge in [0.2, 0.25) is 0 Å². The molecule has 2 N–H and O–H groups in total. The van der Waals surface area contributed by atoms with Crippen LogP contribution in [-0.2, 0) is 5.75 Å². The number of nitrogens with one attached hydrogen (secondary N) is 1. The smallest absolute Gasteiger partial charge is 0.127 e. The van der Waals surface area contributed by atoms with E-state index in [0.29, 0.717) is 17.1 Å². The molecule has 0 fully saturated rings. The van der Waals surface area contributed by atoms with Crippen molar-refractivity contribution in [2.75, 3.05) is 12.8 Å². The number of hydrogen-bond acceptors (Lipinski definition) is 3. The highest BCUT2D eigenvalue weighted by atomic mass is 32.2. The molecule has 0 heterocycles. The molecule has 14 heavy (non-hydrogen) atoms. The zero-order valence-electron chi connectivity index (χ0n) is 8.03. The van der Waals surface area contributed by atoms with Crippen LogP contribution in [0.2, 0.25) is 0 Å². The van der Waals surface area contributed by atoms with Crippen LogP contribution in [0.5, 0.6) is 0 Å². The maximum atomic E-state index is 13.1. The van der Waals surface area contributed by atoms with Crippen molar-refractivity contribution in [2.45, 2.75) is 12.0 Å². The Kier molecular flexibility index (Phi) is 4.93. The van der Waals surface area contributed by atoms with E-state index in [9.17, 15) is 9.50 Å². The summed E-state index contributed by atoms with van der Waals surface area (Å²) >= 11 is 1.50. The van der Waals surface area contributed by atoms with Crippen molar-refractivity contribution >= 4 is 11.8 Å². The Balaban J connectivity index is 2.35. The van der Waals surface area contributed by atoms with E-state index in [-0.39, 0.29) is 5.82 Å². The largest absolute Gasteiger partial charge is 0.378 e. The van der Waals surface area contributed by atoms with Gasteiger partial charge in [-0.2, -0.15) is 11.8 Å². The molecule has 1 aromatic rings. The van der Waals surface area contributed by atoms with Crippen LogP contribution in [0.15, 0.2) is 24.3 Å². The summed E-state index contributed by atoms with van der Waals surface area (Å²) in [4.78, 5) is 0. The number of aliphatic hydroxyl groups is 1. The highest BCUT2D eigenvalue weighted by Crippen LogP contribution is 2.15. The molecule has 1 rings (SSSR count). The number of hydrogen-bond donors (Lipinski definition) is 2. The Morgan fingerprint density at radius 3 is 2.86 bits per heavy atom. The minimum Gasteiger partial charge on any atom is -0.378 e. The van der Waals surface area contributed by atoms with Crippen molar-refractivity contribution in [3.05, 3.63) is 35.6 Å². The molecule has 0 spiro atoms. The monoisotopic (exact) mass is 215 g/mol. The van der Waals surface area contributed by atoms with Crippen molar-refractivity contribution in [3.63, 3.8) is 0 Å². The summed E-state index contributed by atoms with van der Waals surface area (Å²) in [6.45, 7) is 0. The SMILES string of the molecule is CNC(O)CSCc1ccccc1F. The zero-order valence-corrected chi connectivity index (χ0v) is 8.85. The van der Waals surface area contributed by atoms with Crippen molar-refractivity contribution in [1.29, 1.82) is 0 Å². The first kappa shape index (κ1) is 11.5. The first-order valence-electron chi connectivity index (χ1n) is 4.40. The second-order valence-electron chi connectivity index (χ2n) is 2.91. The summed E-state index contributed by atoms with van der Waals surface area (Å²) in [6, 6.07) is 6.69. The van der Waals surface area contributed by atoms with Gasteiger partial charge in [-0.1, -0.05) is 18.2 Å². The van der Waals surface area contributed by atoms with Crippen LogP contribution in [0.25, 0.3) is 0 Å². The summed E-state index contributed by atoms with van der Waals surface area (Å²) in [5.74, 6) is 0.968. The van der Waals surface area contributed by atoms with E-state index >= 15 is 0 Å². The van der Waals surface area contributed by atoms with Crippen LogP contribution in [-0.4, -0.2) is 24.1 Å². The lowest BCUT2D eigenvalue weighted by Gasteiger charge is -2.08. The van der Waals surface area contributed by atoms with Crippen LogP contribution in [0, 0.1) is 5.82 Å². The van der Waals surface area contributed by atoms with Gasteiger partial charge in [-0.3, -0.25) is 5.32 Å². The normalized spacial score (nSPS) is 12.8. The van der Waals surface area contributed by atoms with Gasteiger partial charge in [0, 0.05) is 11.5 Å². The first-order chi connectivity index (χ1) is 6.74. The third kappa shape index (κ3) is 3.65. The van der Waals surface area contributed by atoms with Crippen molar-refractivity contribution < 1.29 is 9.50 Å². The third-order valence-corrected chi connectivity index (χ3v) is 2.89. The van der Waals surface area contributed by atoms with E-state index < -0.39 is 6.23 Å². The maximum Gasteiger partial charge on any atom is 0.127 e. The Morgan fingerprint density at radius 1 is 1.50 bits per heavy atom. The fourth-order valence-corrected chi connectivity index (χ4v) is 1.94. The molecule has 0 saturated carbocycles. The summed E-state index contributed by atoms with van der Waals surface area (Å²) in [5.41, 5.74) is 0.681. The molecule has 1 aromatic carbocycles. The molecule has 0 aromatic heterocycles. The maximum absolute atomic E-state index is 13.1. The number of thioether (sulfide) groups is 1. The van der Waals surface area contributed by atoms with Gasteiger partial charge in [-0.25, -0.2) is 4.39 Å². The third-order valence-electron chi connectivity index (χ3n) is 1.82. The quantitative estimate of drug-likeness (QED) is 0.732. The van der Waals surface area contributed by atoms with Gasteiger partial charge in [0.1, 0.15) is 12.0 Å². The van der Waals surface area contributed by atoms with Crippen molar-refractivity contribution in [2.24, 2.45) is 0 Å². The minimum absolute atomic E-state index is 0.182.